The molecule has 8 nitrogen and oxygen atoms in total. The second-order valence-electron chi connectivity index (χ2n) is 7.67. The smallest absolute Gasteiger partial charge is 0.246 e. The Hall–Kier alpha value is -2.78. The van der Waals surface area contributed by atoms with Gasteiger partial charge in [-0.15, -0.1) is 0 Å². The number of nitrogens with zero attached hydrogens (tertiary/aromatic N) is 1. The first-order chi connectivity index (χ1) is 15.3. The van der Waals surface area contributed by atoms with Crippen molar-refractivity contribution in [3.8, 4) is 17.2 Å². The zero-order valence-electron chi connectivity index (χ0n) is 18.8. The van der Waals surface area contributed by atoms with E-state index in [-0.39, 0.29) is 41.6 Å². The van der Waals surface area contributed by atoms with Crippen molar-refractivity contribution in [2.75, 3.05) is 34.4 Å². The lowest BCUT2D eigenvalue weighted by molar-refractivity contribution is -0.126. The van der Waals surface area contributed by atoms with Crippen molar-refractivity contribution in [1.29, 1.82) is 0 Å². The molecule has 1 atom stereocenters. The fourth-order valence-electron chi connectivity index (χ4n) is 3.92. The van der Waals surface area contributed by atoms with Gasteiger partial charge in [0.15, 0.2) is 0 Å². The number of sulfonamides is 1. The lowest BCUT2D eigenvalue weighted by Gasteiger charge is -2.31. The molecule has 1 saturated heterocycles. The molecular weight excluding hydrogens is 432 g/mol. The lowest BCUT2D eigenvalue weighted by atomic mass is 9.96. The average Bonchev–Trinajstić information content (AvgIpc) is 2.83. The van der Waals surface area contributed by atoms with Crippen LogP contribution in [0.3, 0.4) is 0 Å². The molecule has 0 bridgehead atoms. The summed E-state index contributed by atoms with van der Waals surface area (Å²) in [5.41, 5.74) is 0.897. The van der Waals surface area contributed by atoms with E-state index in [2.05, 4.69) is 5.32 Å². The van der Waals surface area contributed by atoms with E-state index in [4.69, 9.17) is 14.2 Å². The Kier molecular flexibility index (Phi) is 7.63. The van der Waals surface area contributed by atoms with Gasteiger partial charge < -0.3 is 19.5 Å². The van der Waals surface area contributed by atoms with E-state index in [0.29, 0.717) is 24.3 Å². The van der Waals surface area contributed by atoms with E-state index >= 15 is 0 Å². The van der Waals surface area contributed by atoms with Gasteiger partial charge in [0.25, 0.3) is 0 Å². The molecule has 1 fully saturated rings. The molecule has 2 aromatic rings. The van der Waals surface area contributed by atoms with E-state index < -0.39 is 10.0 Å². The van der Waals surface area contributed by atoms with E-state index in [1.165, 1.54) is 24.6 Å². The number of carbonyl (C=O) groups excluding carboxylic acids is 1. The zero-order chi connectivity index (χ0) is 23.3. The predicted molar refractivity (Wildman–Crippen MR) is 121 cm³/mol. The summed E-state index contributed by atoms with van der Waals surface area (Å²) >= 11 is 0. The van der Waals surface area contributed by atoms with E-state index in [1.54, 1.807) is 19.2 Å². The molecule has 9 heteroatoms. The van der Waals surface area contributed by atoms with Gasteiger partial charge in [-0.2, -0.15) is 4.31 Å². The molecule has 0 spiro atoms. The third-order valence-corrected chi connectivity index (χ3v) is 7.70. The molecule has 0 radical (unpaired) electrons. The Morgan fingerprint density at radius 2 is 1.66 bits per heavy atom. The van der Waals surface area contributed by atoms with Crippen LogP contribution in [-0.4, -0.2) is 53.0 Å². The highest BCUT2D eigenvalue weighted by Crippen LogP contribution is 2.33. The minimum absolute atomic E-state index is 0.0621. The third kappa shape index (κ3) is 4.99. The number of hydrogen-bond acceptors (Lipinski definition) is 6. The molecule has 3 rings (SSSR count). The summed E-state index contributed by atoms with van der Waals surface area (Å²) in [6.07, 6.45) is 0.881. The topological polar surface area (TPSA) is 94.2 Å². The SMILES string of the molecule is COc1ccc(OC)c(S(=O)(=O)N2CCC(C(=O)NC(C)c3ccccc3OC)CC2)c1. The van der Waals surface area contributed by atoms with Crippen molar-refractivity contribution in [3.63, 3.8) is 0 Å². The molecule has 1 unspecified atom stereocenters. The van der Waals surface area contributed by atoms with Crippen LogP contribution < -0.4 is 19.5 Å². The summed E-state index contributed by atoms with van der Waals surface area (Å²) < 4.78 is 43.6. The Labute approximate surface area is 189 Å². The molecule has 0 aliphatic carbocycles. The van der Waals surface area contributed by atoms with Crippen LogP contribution in [0.15, 0.2) is 47.4 Å². The standard InChI is InChI=1S/C23H30N2O6S/c1-16(19-7-5-6-8-20(19)30-3)24-23(26)17-11-13-25(14-12-17)32(27,28)22-15-18(29-2)9-10-21(22)31-4/h5-10,15-17H,11-14H2,1-4H3,(H,24,26). The summed E-state index contributed by atoms with van der Waals surface area (Å²) in [7, 11) is 0.728. The van der Waals surface area contributed by atoms with Crippen molar-refractivity contribution < 1.29 is 27.4 Å². The van der Waals surface area contributed by atoms with E-state index in [1.807, 2.05) is 31.2 Å². The van der Waals surface area contributed by atoms with Crippen molar-refractivity contribution >= 4 is 15.9 Å². The van der Waals surface area contributed by atoms with Crippen LogP contribution in [-0.2, 0) is 14.8 Å². The van der Waals surface area contributed by atoms with Gasteiger partial charge in [-0.1, -0.05) is 18.2 Å². The normalized spacial score (nSPS) is 16.2. The minimum Gasteiger partial charge on any atom is -0.497 e. The Bertz CT molecular complexity index is 1050. The first-order valence-corrected chi connectivity index (χ1v) is 11.9. The van der Waals surface area contributed by atoms with E-state index in [9.17, 15) is 13.2 Å². The van der Waals surface area contributed by atoms with Gasteiger partial charge >= 0.3 is 0 Å². The average molecular weight is 463 g/mol. The molecule has 1 aliphatic heterocycles. The third-order valence-electron chi connectivity index (χ3n) is 5.78. The maximum atomic E-state index is 13.2. The lowest BCUT2D eigenvalue weighted by Crippen LogP contribution is -2.43. The first kappa shape index (κ1) is 23.9. The number of ether oxygens (including phenoxy) is 3. The fourth-order valence-corrected chi connectivity index (χ4v) is 5.56. The van der Waals surface area contributed by atoms with Crippen LogP contribution in [0.2, 0.25) is 0 Å². The molecule has 0 saturated carbocycles. The zero-order valence-corrected chi connectivity index (χ0v) is 19.6. The number of methoxy groups -OCH3 is 3. The van der Waals surface area contributed by atoms with Crippen molar-refractivity contribution in [3.05, 3.63) is 48.0 Å². The number of carbonyl (C=O) groups is 1. The van der Waals surface area contributed by atoms with Gasteiger partial charge in [-0.3, -0.25) is 4.79 Å². The quantitative estimate of drug-likeness (QED) is 0.648. The summed E-state index contributed by atoms with van der Waals surface area (Å²) in [6.45, 7) is 2.41. The van der Waals surface area contributed by atoms with E-state index in [0.717, 1.165) is 5.56 Å². The first-order valence-electron chi connectivity index (χ1n) is 10.5. The van der Waals surface area contributed by atoms with Gasteiger partial charge in [-0.25, -0.2) is 8.42 Å². The van der Waals surface area contributed by atoms with Crippen molar-refractivity contribution in [1.82, 2.24) is 9.62 Å². The monoisotopic (exact) mass is 462 g/mol. The Balaban J connectivity index is 1.66. The van der Waals surface area contributed by atoms with Crippen LogP contribution in [0.4, 0.5) is 0 Å². The predicted octanol–water partition coefficient (Wildman–Crippen LogP) is 2.99. The van der Waals surface area contributed by atoms with Crippen molar-refractivity contribution in [2.45, 2.75) is 30.7 Å². The van der Waals surface area contributed by atoms with Crippen LogP contribution in [0, 0.1) is 5.92 Å². The van der Waals surface area contributed by atoms with Gasteiger partial charge in [-0.05, 0) is 38.0 Å². The molecule has 1 heterocycles. The van der Waals surface area contributed by atoms with Crippen LogP contribution >= 0.6 is 0 Å². The maximum Gasteiger partial charge on any atom is 0.246 e. The molecule has 1 amide bonds. The number of rotatable bonds is 8. The molecule has 2 aromatic carbocycles. The van der Waals surface area contributed by atoms with Gasteiger partial charge in [0.1, 0.15) is 22.1 Å². The summed E-state index contributed by atoms with van der Waals surface area (Å²) in [5.74, 6) is 1.07. The number of piperidine rings is 1. The summed E-state index contributed by atoms with van der Waals surface area (Å²) in [5, 5.41) is 3.04. The maximum absolute atomic E-state index is 13.2. The largest absolute Gasteiger partial charge is 0.497 e. The second-order valence-corrected chi connectivity index (χ2v) is 9.57. The van der Waals surface area contributed by atoms with Gasteiger partial charge in [0.05, 0.1) is 27.4 Å². The summed E-state index contributed by atoms with van der Waals surface area (Å²) in [4.78, 5) is 12.9. The number of nitrogens with one attached hydrogen (secondary N) is 1. The van der Waals surface area contributed by atoms with Crippen molar-refractivity contribution in [2.24, 2.45) is 5.92 Å². The molecule has 1 aliphatic rings. The second kappa shape index (κ2) is 10.2. The minimum atomic E-state index is -3.78. The van der Waals surface area contributed by atoms with Crippen LogP contribution in [0.25, 0.3) is 0 Å². The number of benzene rings is 2. The Morgan fingerprint density at radius 1 is 1.00 bits per heavy atom. The molecular formula is C23H30N2O6S. The molecule has 32 heavy (non-hydrogen) atoms. The van der Waals surface area contributed by atoms with Crippen LogP contribution in [0.5, 0.6) is 17.2 Å². The van der Waals surface area contributed by atoms with Gasteiger partial charge in [0, 0.05) is 30.6 Å². The number of hydrogen-bond donors (Lipinski definition) is 1. The summed E-state index contributed by atoms with van der Waals surface area (Å²) in [6, 6.07) is 12.0. The fraction of sp³-hybridized carbons (Fsp3) is 0.435. The molecule has 174 valence electrons. The Morgan fingerprint density at radius 3 is 2.28 bits per heavy atom. The molecule has 0 aromatic heterocycles. The molecule has 1 N–H and O–H groups in total. The van der Waals surface area contributed by atoms with Crippen LogP contribution in [0.1, 0.15) is 31.4 Å². The highest BCUT2D eigenvalue weighted by Gasteiger charge is 2.34. The van der Waals surface area contributed by atoms with Gasteiger partial charge in [0.2, 0.25) is 15.9 Å². The highest BCUT2D eigenvalue weighted by atomic mass is 32.2. The highest BCUT2D eigenvalue weighted by molar-refractivity contribution is 7.89. The number of para-hydroxylation sites is 1. The number of amides is 1.